The minimum atomic E-state index is 0.292. The first-order chi connectivity index (χ1) is 8.34. The summed E-state index contributed by atoms with van der Waals surface area (Å²) >= 11 is 6.48. The van der Waals surface area contributed by atoms with Gasteiger partial charge in [-0.3, -0.25) is 4.98 Å². The Bertz CT molecular complexity index is 304. The highest BCUT2D eigenvalue weighted by atomic mass is 35.5. The van der Waals surface area contributed by atoms with Crippen molar-refractivity contribution in [2.75, 3.05) is 0 Å². The number of hydrogen-bond acceptors (Lipinski definition) is 1. The van der Waals surface area contributed by atoms with Crippen molar-refractivity contribution in [2.24, 2.45) is 5.92 Å². The molecule has 1 aliphatic carbocycles. The van der Waals surface area contributed by atoms with Crippen molar-refractivity contribution in [3.63, 3.8) is 0 Å². The molecule has 94 valence electrons. The zero-order valence-corrected chi connectivity index (χ0v) is 11.2. The molecule has 0 aromatic carbocycles. The van der Waals surface area contributed by atoms with Gasteiger partial charge in [0.05, 0.1) is 0 Å². The lowest BCUT2D eigenvalue weighted by Gasteiger charge is -2.17. The van der Waals surface area contributed by atoms with Crippen molar-refractivity contribution in [3.8, 4) is 0 Å². The van der Waals surface area contributed by atoms with Gasteiger partial charge < -0.3 is 0 Å². The smallest absolute Gasteiger partial charge is 0.0379 e. The summed E-state index contributed by atoms with van der Waals surface area (Å²) in [5, 5.41) is 0.292. The van der Waals surface area contributed by atoms with E-state index >= 15 is 0 Å². The number of alkyl halides is 1. The van der Waals surface area contributed by atoms with Crippen LogP contribution in [0.4, 0.5) is 0 Å². The molecule has 0 saturated heterocycles. The number of hydrogen-bond donors (Lipinski definition) is 0. The number of halogens is 1. The van der Waals surface area contributed by atoms with Crippen LogP contribution in [0.25, 0.3) is 0 Å². The molecule has 1 aliphatic rings. The standard InChI is InChI=1S/C15H22ClN/c16-15(12-14-7-9-17-10-8-14)11-13-5-3-1-2-4-6-13/h7-10,13,15H,1-6,11-12H2. The Morgan fingerprint density at radius 3 is 2.41 bits per heavy atom. The van der Waals surface area contributed by atoms with E-state index in [1.807, 2.05) is 12.4 Å². The molecule has 2 rings (SSSR count). The van der Waals surface area contributed by atoms with E-state index in [1.165, 1.54) is 50.5 Å². The number of rotatable bonds is 4. The highest BCUT2D eigenvalue weighted by Gasteiger charge is 2.16. The van der Waals surface area contributed by atoms with Crippen LogP contribution in [0, 0.1) is 5.92 Å². The molecule has 0 amide bonds. The van der Waals surface area contributed by atoms with Gasteiger partial charge in [-0.1, -0.05) is 38.5 Å². The second-order valence-electron chi connectivity index (χ2n) is 5.25. The highest BCUT2D eigenvalue weighted by molar-refractivity contribution is 6.20. The third kappa shape index (κ3) is 4.67. The van der Waals surface area contributed by atoms with Gasteiger partial charge in [0.2, 0.25) is 0 Å². The minimum Gasteiger partial charge on any atom is -0.265 e. The van der Waals surface area contributed by atoms with Crippen LogP contribution in [-0.2, 0) is 6.42 Å². The predicted octanol–water partition coefficient (Wildman–Crippen LogP) is 4.59. The van der Waals surface area contributed by atoms with Crippen LogP contribution in [0.3, 0.4) is 0 Å². The second-order valence-corrected chi connectivity index (χ2v) is 5.87. The predicted molar refractivity (Wildman–Crippen MR) is 73.4 cm³/mol. The van der Waals surface area contributed by atoms with Gasteiger partial charge in [0.15, 0.2) is 0 Å². The van der Waals surface area contributed by atoms with Crippen LogP contribution in [0.15, 0.2) is 24.5 Å². The minimum absolute atomic E-state index is 0.292. The summed E-state index contributed by atoms with van der Waals surface area (Å²) in [4.78, 5) is 4.04. The van der Waals surface area contributed by atoms with E-state index in [-0.39, 0.29) is 0 Å². The largest absolute Gasteiger partial charge is 0.265 e. The number of pyridine rings is 1. The lowest BCUT2D eigenvalue weighted by atomic mass is 9.93. The molecule has 2 heteroatoms. The van der Waals surface area contributed by atoms with E-state index in [9.17, 15) is 0 Å². The first kappa shape index (κ1) is 12.9. The van der Waals surface area contributed by atoms with Gasteiger partial charge in [-0.05, 0) is 36.5 Å². The van der Waals surface area contributed by atoms with Crippen molar-refractivity contribution in [1.29, 1.82) is 0 Å². The molecular formula is C15H22ClN. The van der Waals surface area contributed by atoms with Gasteiger partial charge in [0, 0.05) is 17.8 Å². The normalized spacial score (nSPS) is 19.8. The highest BCUT2D eigenvalue weighted by Crippen LogP contribution is 2.28. The molecular weight excluding hydrogens is 230 g/mol. The molecule has 17 heavy (non-hydrogen) atoms. The molecule has 1 saturated carbocycles. The molecule has 1 nitrogen and oxygen atoms in total. The lowest BCUT2D eigenvalue weighted by molar-refractivity contribution is 0.419. The summed E-state index contributed by atoms with van der Waals surface area (Å²) in [6.45, 7) is 0. The monoisotopic (exact) mass is 251 g/mol. The fraction of sp³-hybridized carbons (Fsp3) is 0.667. The molecule has 1 heterocycles. The van der Waals surface area contributed by atoms with E-state index in [0.29, 0.717) is 5.38 Å². The zero-order valence-electron chi connectivity index (χ0n) is 10.4. The lowest BCUT2D eigenvalue weighted by Crippen LogP contribution is -2.11. The SMILES string of the molecule is ClC(Cc1ccncc1)CC1CCCCCC1. The fourth-order valence-electron chi connectivity index (χ4n) is 2.82. The first-order valence-corrected chi connectivity index (χ1v) is 7.31. The third-order valence-electron chi connectivity index (χ3n) is 3.77. The Labute approximate surface area is 110 Å². The molecule has 1 unspecified atom stereocenters. The summed E-state index contributed by atoms with van der Waals surface area (Å²) in [6, 6.07) is 4.14. The summed E-state index contributed by atoms with van der Waals surface area (Å²) < 4.78 is 0. The van der Waals surface area contributed by atoms with Gasteiger partial charge >= 0.3 is 0 Å². The maximum Gasteiger partial charge on any atom is 0.0379 e. The van der Waals surface area contributed by atoms with Crippen molar-refractivity contribution in [3.05, 3.63) is 30.1 Å². The number of nitrogens with zero attached hydrogens (tertiary/aromatic N) is 1. The average molecular weight is 252 g/mol. The van der Waals surface area contributed by atoms with E-state index in [4.69, 9.17) is 11.6 Å². The van der Waals surface area contributed by atoms with Crippen molar-refractivity contribution < 1.29 is 0 Å². The van der Waals surface area contributed by atoms with Gasteiger partial charge in [-0.15, -0.1) is 11.6 Å². The summed E-state index contributed by atoms with van der Waals surface area (Å²) in [5.74, 6) is 0.863. The Hall–Kier alpha value is -0.560. The summed E-state index contributed by atoms with van der Waals surface area (Å²) in [5.41, 5.74) is 1.31. The Balaban J connectivity index is 1.78. The van der Waals surface area contributed by atoms with Gasteiger partial charge in [-0.25, -0.2) is 0 Å². The molecule has 1 fully saturated rings. The maximum absolute atomic E-state index is 6.48. The zero-order chi connectivity index (χ0) is 11.9. The van der Waals surface area contributed by atoms with Gasteiger partial charge in [0.1, 0.15) is 0 Å². The average Bonchev–Trinajstić information content (AvgIpc) is 2.59. The molecule has 1 aromatic heterocycles. The number of aromatic nitrogens is 1. The van der Waals surface area contributed by atoms with Gasteiger partial charge in [-0.2, -0.15) is 0 Å². The van der Waals surface area contributed by atoms with Crippen LogP contribution in [-0.4, -0.2) is 10.4 Å². The molecule has 0 spiro atoms. The van der Waals surface area contributed by atoms with Crippen LogP contribution < -0.4 is 0 Å². The maximum atomic E-state index is 6.48. The molecule has 0 N–H and O–H groups in total. The van der Waals surface area contributed by atoms with Gasteiger partial charge in [0.25, 0.3) is 0 Å². The van der Waals surface area contributed by atoms with Crippen LogP contribution in [0.5, 0.6) is 0 Å². The van der Waals surface area contributed by atoms with E-state index in [1.54, 1.807) is 0 Å². The van der Waals surface area contributed by atoms with Crippen molar-refractivity contribution in [2.45, 2.75) is 56.7 Å². The van der Waals surface area contributed by atoms with E-state index in [2.05, 4.69) is 17.1 Å². The molecule has 1 atom stereocenters. The molecule has 1 aromatic rings. The Morgan fingerprint density at radius 2 is 1.76 bits per heavy atom. The van der Waals surface area contributed by atoms with Crippen LogP contribution in [0.1, 0.15) is 50.5 Å². The first-order valence-electron chi connectivity index (χ1n) is 6.87. The van der Waals surface area contributed by atoms with E-state index < -0.39 is 0 Å². The topological polar surface area (TPSA) is 12.9 Å². The summed E-state index contributed by atoms with van der Waals surface area (Å²) in [6.07, 6.45) is 14.3. The summed E-state index contributed by atoms with van der Waals surface area (Å²) in [7, 11) is 0. The Kier molecular flexibility index (Phi) is 5.31. The van der Waals surface area contributed by atoms with Crippen molar-refractivity contribution in [1.82, 2.24) is 4.98 Å². The Morgan fingerprint density at radius 1 is 1.12 bits per heavy atom. The van der Waals surface area contributed by atoms with Crippen LogP contribution >= 0.6 is 11.6 Å². The molecule has 0 aliphatic heterocycles. The molecule has 0 bridgehead atoms. The third-order valence-corrected chi connectivity index (χ3v) is 4.10. The van der Waals surface area contributed by atoms with Crippen LogP contribution in [0.2, 0.25) is 0 Å². The quantitative estimate of drug-likeness (QED) is 0.563. The van der Waals surface area contributed by atoms with Crippen molar-refractivity contribution >= 4 is 11.6 Å². The molecule has 0 radical (unpaired) electrons. The fourth-order valence-corrected chi connectivity index (χ4v) is 3.25. The second kappa shape index (κ2) is 7.00. The van der Waals surface area contributed by atoms with E-state index in [0.717, 1.165) is 12.3 Å².